The highest BCUT2D eigenvalue weighted by Gasteiger charge is 2.17. The van der Waals surface area contributed by atoms with Crippen LogP contribution in [0.1, 0.15) is 26.3 Å². The van der Waals surface area contributed by atoms with E-state index < -0.39 is 23.4 Å². The average molecular weight is 401 g/mol. The number of nitrogens with one attached hydrogen (secondary N) is 3. The number of halogens is 1. The maximum absolute atomic E-state index is 13.3. The molecular weight excluding hydrogens is 377 g/mol. The number of hydrogen-bond acceptors (Lipinski definition) is 4. The molecule has 0 aliphatic carbocycles. The third-order valence-electron chi connectivity index (χ3n) is 3.52. The van der Waals surface area contributed by atoms with E-state index in [0.29, 0.717) is 16.9 Å². The van der Waals surface area contributed by atoms with Gasteiger partial charge in [-0.15, -0.1) is 0 Å². The summed E-state index contributed by atoms with van der Waals surface area (Å²) in [7, 11) is 0. The second-order valence-corrected chi connectivity index (χ2v) is 7.30. The Balaban J connectivity index is 1.93. The van der Waals surface area contributed by atoms with Crippen molar-refractivity contribution in [2.45, 2.75) is 32.8 Å². The van der Waals surface area contributed by atoms with Gasteiger partial charge in [-0.05, 0) is 50.6 Å². The summed E-state index contributed by atoms with van der Waals surface area (Å²) in [5.74, 6) is -1.26. The molecule has 154 valence electrons. The van der Waals surface area contributed by atoms with Crippen molar-refractivity contribution < 1.29 is 23.5 Å². The lowest BCUT2D eigenvalue weighted by molar-refractivity contribution is -0.116. The number of anilines is 2. The Morgan fingerprint density at radius 1 is 0.931 bits per heavy atom. The Morgan fingerprint density at radius 3 is 2.14 bits per heavy atom. The van der Waals surface area contributed by atoms with Crippen LogP contribution in [0, 0.1) is 5.82 Å². The van der Waals surface area contributed by atoms with Crippen LogP contribution in [0.25, 0.3) is 0 Å². The lowest BCUT2D eigenvalue weighted by Crippen LogP contribution is -2.37. The molecule has 0 radical (unpaired) electrons. The monoisotopic (exact) mass is 401 g/mol. The molecule has 0 saturated heterocycles. The number of rotatable bonds is 6. The van der Waals surface area contributed by atoms with Crippen molar-refractivity contribution in [3.05, 3.63) is 59.9 Å². The van der Waals surface area contributed by atoms with Crippen molar-refractivity contribution in [3.63, 3.8) is 0 Å². The van der Waals surface area contributed by atoms with Crippen LogP contribution in [-0.2, 0) is 20.7 Å². The number of carbonyl (C=O) groups excluding carboxylic acids is 3. The summed E-state index contributed by atoms with van der Waals surface area (Å²) >= 11 is 0. The first-order valence-electron chi connectivity index (χ1n) is 9.02. The molecule has 0 fully saturated rings. The third kappa shape index (κ3) is 8.00. The van der Waals surface area contributed by atoms with Gasteiger partial charge in [-0.2, -0.15) is 0 Å². The van der Waals surface area contributed by atoms with Gasteiger partial charge in [0.2, 0.25) is 11.8 Å². The zero-order valence-corrected chi connectivity index (χ0v) is 16.5. The minimum atomic E-state index is -0.704. The number of amides is 3. The molecule has 0 unspecified atom stereocenters. The zero-order chi connectivity index (χ0) is 21.4. The van der Waals surface area contributed by atoms with E-state index in [2.05, 4.69) is 16.0 Å². The van der Waals surface area contributed by atoms with Gasteiger partial charge in [0.05, 0.1) is 17.8 Å². The molecule has 0 bridgehead atoms. The number of alkyl carbamates (subject to hydrolysis) is 1. The van der Waals surface area contributed by atoms with E-state index in [1.54, 1.807) is 51.1 Å². The van der Waals surface area contributed by atoms with Gasteiger partial charge in [-0.3, -0.25) is 9.59 Å². The molecular formula is C21H24FN3O4. The Hall–Kier alpha value is -3.42. The fourth-order valence-electron chi connectivity index (χ4n) is 2.39. The molecule has 0 spiro atoms. The molecule has 0 heterocycles. The fourth-order valence-corrected chi connectivity index (χ4v) is 2.39. The van der Waals surface area contributed by atoms with Crippen molar-refractivity contribution in [3.8, 4) is 0 Å². The van der Waals surface area contributed by atoms with Crippen LogP contribution in [0.3, 0.4) is 0 Å². The Morgan fingerprint density at radius 2 is 1.55 bits per heavy atom. The molecule has 2 aromatic rings. The highest BCUT2D eigenvalue weighted by atomic mass is 19.1. The lowest BCUT2D eigenvalue weighted by Gasteiger charge is -2.19. The van der Waals surface area contributed by atoms with Crippen molar-refractivity contribution >= 4 is 29.3 Å². The van der Waals surface area contributed by atoms with Crippen LogP contribution in [0.5, 0.6) is 0 Å². The first kappa shape index (κ1) is 21.9. The summed E-state index contributed by atoms with van der Waals surface area (Å²) in [6.07, 6.45) is -0.718. The van der Waals surface area contributed by atoms with E-state index in [4.69, 9.17) is 4.74 Å². The van der Waals surface area contributed by atoms with E-state index in [-0.39, 0.29) is 18.9 Å². The molecule has 8 heteroatoms. The van der Waals surface area contributed by atoms with Crippen molar-refractivity contribution in [2.75, 3.05) is 17.2 Å². The van der Waals surface area contributed by atoms with E-state index >= 15 is 0 Å². The minimum absolute atomic E-state index is 0.0137. The second-order valence-electron chi connectivity index (χ2n) is 7.30. The van der Waals surface area contributed by atoms with Crippen LogP contribution in [0.4, 0.5) is 20.6 Å². The van der Waals surface area contributed by atoms with Gasteiger partial charge in [0, 0.05) is 0 Å². The Bertz CT molecular complexity index is 893. The largest absolute Gasteiger partial charge is 0.444 e. The molecule has 2 aromatic carbocycles. The van der Waals surface area contributed by atoms with Gasteiger partial charge >= 0.3 is 6.09 Å². The van der Waals surface area contributed by atoms with E-state index in [1.807, 2.05) is 0 Å². The van der Waals surface area contributed by atoms with Crippen LogP contribution in [0.2, 0.25) is 0 Å². The second kappa shape index (κ2) is 9.68. The third-order valence-corrected chi connectivity index (χ3v) is 3.52. The number of benzene rings is 2. The van der Waals surface area contributed by atoms with E-state index in [1.165, 1.54) is 18.2 Å². The summed E-state index contributed by atoms with van der Waals surface area (Å²) in [6, 6.07) is 12.4. The number of hydrogen-bond donors (Lipinski definition) is 3. The number of para-hydroxylation sites is 2. The SMILES string of the molecule is CC(C)(C)OC(=O)NCC(=O)Nc1ccccc1NC(=O)Cc1cccc(F)c1. The van der Waals surface area contributed by atoms with Gasteiger partial charge in [-0.1, -0.05) is 24.3 Å². The maximum atomic E-state index is 13.3. The summed E-state index contributed by atoms with van der Waals surface area (Å²) in [5, 5.41) is 7.68. The number of carbonyl (C=O) groups is 3. The molecule has 3 amide bonds. The highest BCUT2D eigenvalue weighted by Crippen LogP contribution is 2.21. The van der Waals surface area contributed by atoms with E-state index in [0.717, 1.165) is 0 Å². The van der Waals surface area contributed by atoms with Gasteiger partial charge in [-0.25, -0.2) is 9.18 Å². The van der Waals surface area contributed by atoms with Crippen LogP contribution >= 0.6 is 0 Å². The quantitative estimate of drug-likeness (QED) is 0.691. The predicted octanol–water partition coefficient (Wildman–Crippen LogP) is 3.47. The average Bonchev–Trinajstić information content (AvgIpc) is 2.60. The Kier molecular flexibility index (Phi) is 7.30. The van der Waals surface area contributed by atoms with Crippen molar-refractivity contribution in [1.29, 1.82) is 0 Å². The topological polar surface area (TPSA) is 96.5 Å². The molecule has 3 N–H and O–H groups in total. The van der Waals surface area contributed by atoms with Gasteiger partial charge in [0.25, 0.3) is 0 Å². The molecule has 2 rings (SSSR count). The predicted molar refractivity (Wildman–Crippen MR) is 108 cm³/mol. The smallest absolute Gasteiger partial charge is 0.408 e. The van der Waals surface area contributed by atoms with Crippen LogP contribution in [-0.4, -0.2) is 30.1 Å². The van der Waals surface area contributed by atoms with Crippen molar-refractivity contribution in [2.24, 2.45) is 0 Å². The Labute approximate surface area is 168 Å². The van der Waals surface area contributed by atoms with Crippen LogP contribution in [0.15, 0.2) is 48.5 Å². The molecule has 29 heavy (non-hydrogen) atoms. The standard InChI is InChI=1S/C21H24FN3O4/c1-21(2,3)29-20(28)23-13-19(27)25-17-10-5-4-9-16(17)24-18(26)12-14-7-6-8-15(22)11-14/h4-11H,12-13H2,1-3H3,(H,23,28)(H,24,26)(H,25,27). The summed E-state index contributed by atoms with van der Waals surface area (Å²) < 4.78 is 18.3. The van der Waals surface area contributed by atoms with Crippen LogP contribution < -0.4 is 16.0 Å². The molecule has 0 aliphatic rings. The minimum Gasteiger partial charge on any atom is -0.444 e. The van der Waals surface area contributed by atoms with Gasteiger partial charge < -0.3 is 20.7 Å². The zero-order valence-electron chi connectivity index (χ0n) is 16.5. The molecule has 0 atom stereocenters. The summed E-state index contributed by atoms with van der Waals surface area (Å²) in [4.78, 5) is 36.0. The fraction of sp³-hybridized carbons (Fsp3) is 0.286. The normalized spacial score (nSPS) is 10.8. The number of ether oxygens (including phenoxy) is 1. The van der Waals surface area contributed by atoms with Crippen molar-refractivity contribution in [1.82, 2.24) is 5.32 Å². The van der Waals surface area contributed by atoms with Gasteiger partial charge in [0.15, 0.2) is 0 Å². The van der Waals surface area contributed by atoms with E-state index in [9.17, 15) is 18.8 Å². The van der Waals surface area contributed by atoms with Gasteiger partial charge in [0.1, 0.15) is 18.0 Å². The molecule has 0 aromatic heterocycles. The summed E-state index contributed by atoms with van der Waals surface area (Å²) in [6.45, 7) is 4.86. The highest BCUT2D eigenvalue weighted by molar-refractivity contribution is 6.01. The maximum Gasteiger partial charge on any atom is 0.408 e. The molecule has 0 aliphatic heterocycles. The first-order chi connectivity index (χ1) is 13.6. The summed E-state index contributed by atoms with van der Waals surface area (Å²) in [5.41, 5.74) is 0.625. The first-order valence-corrected chi connectivity index (χ1v) is 9.02. The molecule has 0 saturated carbocycles. The molecule has 7 nitrogen and oxygen atoms in total. The lowest BCUT2D eigenvalue weighted by atomic mass is 10.1.